The Morgan fingerprint density at radius 1 is 1.25 bits per heavy atom. The number of unbranched alkanes of at least 4 members (excludes halogenated alkanes) is 1. The van der Waals surface area contributed by atoms with Gasteiger partial charge in [0.1, 0.15) is 0 Å². The topological polar surface area (TPSA) is 72.6 Å². The fourth-order valence-electron chi connectivity index (χ4n) is 1.88. The zero-order valence-electron chi connectivity index (χ0n) is 12.1. The summed E-state index contributed by atoms with van der Waals surface area (Å²) in [6.45, 7) is 3.04. The van der Waals surface area contributed by atoms with E-state index < -0.39 is 5.91 Å². The number of nitrogens with zero attached hydrogens (tertiary/aromatic N) is 1. The van der Waals surface area contributed by atoms with E-state index in [-0.39, 0.29) is 12.5 Å². The lowest BCUT2D eigenvalue weighted by Gasteiger charge is -2.21. The van der Waals surface area contributed by atoms with Gasteiger partial charge in [-0.2, -0.15) is 0 Å². The molecule has 0 spiro atoms. The number of benzene rings is 1. The lowest BCUT2D eigenvalue weighted by molar-refractivity contribution is -0.118. The van der Waals surface area contributed by atoms with Gasteiger partial charge in [-0.3, -0.25) is 9.59 Å². The molecule has 0 unspecified atom stereocenters. The van der Waals surface area contributed by atoms with Crippen molar-refractivity contribution in [1.82, 2.24) is 4.90 Å². The van der Waals surface area contributed by atoms with Crippen LogP contribution in [0.15, 0.2) is 24.3 Å². The molecule has 0 heterocycles. The minimum absolute atomic E-state index is 0.0430. The summed E-state index contributed by atoms with van der Waals surface area (Å²) in [5.74, 6) is -0.660. The number of hydrogen-bond acceptors (Lipinski definition) is 3. The van der Waals surface area contributed by atoms with E-state index in [9.17, 15) is 9.59 Å². The van der Waals surface area contributed by atoms with Gasteiger partial charge in [-0.15, -0.1) is 0 Å². The van der Waals surface area contributed by atoms with Crippen LogP contribution in [-0.2, 0) is 16.1 Å². The first kappa shape index (κ1) is 16.2. The first-order chi connectivity index (χ1) is 9.58. The van der Waals surface area contributed by atoms with Crippen LogP contribution < -0.4 is 5.73 Å². The summed E-state index contributed by atoms with van der Waals surface area (Å²) in [5, 5.41) is 0. The normalized spacial score (nSPS) is 10.3. The molecule has 1 aromatic rings. The van der Waals surface area contributed by atoms with Crippen LogP contribution in [0.25, 0.3) is 0 Å². The Hall–Kier alpha value is -1.88. The zero-order chi connectivity index (χ0) is 15.0. The van der Waals surface area contributed by atoms with Gasteiger partial charge < -0.3 is 15.4 Å². The van der Waals surface area contributed by atoms with Crippen molar-refractivity contribution in [3.8, 4) is 0 Å². The van der Waals surface area contributed by atoms with Gasteiger partial charge >= 0.3 is 0 Å². The summed E-state index contributed by atoms with van der Waals surface area (Å²) >= 11 is 0. The van der Waals surface area contributed by atoms with Crippen molar-refractivity contribution in [2.24, 2.45) is 5.73 Å². The molecular weight excluding hydrogens is 256 g/mol. The molecule has 0 fully saturated rings. The molecule has 20 heavy (non-hydrogen) atoms. The van der Waals surface area contributed by atoms with E-state index in [1.807, 2.05) is 19.1 Å². The lowest BCUT2D eigenvalue weighted by Crippen LogP contribution is -2.39. The second-order valence-electron chi connectivity index (χ2n) is 4.68. The van der Waals surface area contributed by atoms with Crippen molar-refractivity contribution in [3.05, 3.63) is 35.4 Å². The molecule has 0 aromatic heterocycles. The number of rotatable bonds is 8. The molecule has 110 valence electrons. The molecule has 1 aromatic carbocycles. The Morgan fingerprint density at radius 3 is 2.40 bits per heavy atom. The number of methoxy groups -OCH3 is 1. The Morgan fingerprint density at radius 2 is 1.90 bits per heavy atom. The Bertz CT molecular complexity index is 443. The van der Waals surface area contributed by atoms with E-state index in [0.717, 1.165) is 18.4 Å². The second kappa shape index (κ2) is 8.32. The van der Waals surface area contributed by atoms with E-state index in [1.165, 1.54) is 4.90 Å². The summed E-state index contributed by atoms with van der Waals surface area (Å²) in [6.07, 6.45) is 1.80. The maximum Gasteiger partial charge on any atom is 0.254 e. The van der Waals surface area contributed by atoms with E-state index in [0.29, 0.717) is 18.7 Å². The number of amides is 2. The van der Waals surface area contributed by atoms with Gasteiger partial charge in [0.25, 0.3) is 5.91 Å². The summed E-state index contributed by atoms with van der Waals surface area (Å²) < 4.78 is 5.02. The van der Waals surface area contributed by atoms with Crippen LogP contribution in [0.1, 0.15) is 35.7 Å². The average Bonchev–Trinajstić information content (AvgIpc) is 2.43. The highest BCUT2D eigenvalue weighted by atomic mass is 16.5. The quantitative estimate of drug-likeness (QED) is 0.784. The third-order valence-corrected chi connectivity index (χ3v) is 2.93. The molecule has 0 bridgehead atoms. The van der Waals surface area contributed by atoms with Gasteiger partial charge in [-0.05, 0) is 24.1 Å². The number of nitrogens with two attached hydrogens (primary N) is 1. The monoisotopic (exact) mass is 278 g/mol. The SMILES string of the molecule is CCCCN(CC(N)=O)C(=O)c1ccc(COC)cc1. The Labute approximate surface area is 119 Å². The zero-order valence-corrected chi connectivity index (χ0v) is 12.1. The third kappa shape index (κ3) is 5.01. The van der Waals surface area contributed by atoms with Gasteiger partial charge in [0.05, 0.1) is 13.2 Å². The molecule has 0 saturated heterocycles. The molecule has 0 atom stereocenters. The van der Waals surface area contributed by atoms with Crippen LogP contribution in [0.4, 0.5) is 0 Å². The number of carbonyl (C=O) groups is 2. The Balaban J connectivity index is 2.78. The molecule has 0 radical (unpaired) electrons. The summed E-state index contributed by atoms with van der Waals surface area (Å²) in [5.41, 5.74) is 6.75. The predicted molar refractivity (Wildman–Crippen MR) is 77.2 cm³/mol. The standard InChI is InChI=1S/C15H22N2O3/c1-3-4-9-17(10-14(16)18)15(19)13-7-5-12(6-8-13)11-20-2/h5-8H,3-4,9-11H2,1-2H3,(H2,16,18). The highest BCUT2D eigenvalue weighted by molar-refractivity contribution is 5.96. The van der Waals surface area contributed by atoms with E-state index in [2.05, 4.69) is 0 Å². The van der Waals surface area contributed by atoms with E-state index in [1.54, 1.807) is 19.2 Å². The van der Waals surface area contributed by atoms with Crippen LogP contribution in [0, 0.1) is 0 Å². The molecule has 2 N–H and O–H groups in total. The van der Waals surface area contributed by atoms with E-state index >= 15 is 0 Å². The molecule has 5 heteroatoms. The first-order valence-electron chi connectivity index (χ1n) is 6.74. The molecule has 0 saturated carbocycles. The minimum atomic E-state index is -0.495. The molecule has 0 aliphatic carbocycles. The third-order valence-electron chi connectivity index (χ3n) is 2.93. The maximum atomic E-state index is 12.3. The average molecular weight is 278 g/mol. The number of primary amides is 1. The first-order valence-corrected chi connectivity index (χ1v) is 6.74. The van der Waals surface area contributed by atoms with Crippen LogP contribution in [-0.4, -0.2) is 36.9 Å². The van der Waals surface area contributed by atoms with Crippen molar-refractivity contribution in [1.29, 1.82) is 0 Å². The molecule has 0 aliphatic heterocycles. The predicted octanol–water partition coefficient (Wildman–Crippen LogP) is 1.56. The smallest absolute Gasteiger partial charge is 0.254 e. The van der Waals surface area contributed by atoms with Crippen molar-refractivity contribution >= 4 is 11.8 Å². The summed E-state index contributed by atoms with van der Waals surface area (Å²) in [7, 11) is 1.62. The molecule has 2 amide bonds. The lowest BCUT2D eigenvalue weighted by atomic mass is 10.1. The van der Waals surface area contributed by atoms with Crippen LogP contribution >= 0.6 is 0 Å². The van der Waals surface area contributed by atoms with Gasteiger partial charge in [0.2, 0.25) is 5.91 Å². The maximum absolute atomic E-state index is 12.3. The van der Waals surface area contributed by atoms with Crippen molar-refractivity contribution < 1.29 is 14.3 Å². The minimum Gasteiger partial charge on any atom is -0.380 e. The highest BCUT2D eigenvalue weighted by Crippen LogP contribution is 2.09. The van der Waals surface area contributed by atoms with Crippen LogP contribution in [0.2, 0.25) is 0 Å². The number of ether oxygens (including phenoxy) is 1. The fourth-order valence-corrected chi connectivity index (χ4v) is 1.88. The van der Waals surface area contributed by atoms with E-state index in [4.69, 9.17) is 10.5 Å². The largest absolute Gasteiger partial charge is 0.380 e. The summed E-state index contributed by atoms with van der Waals surface area (Å²) in [4.78, 5) is 24.9. The van der Waals surface area contributed by atoms with Crippen LogP contribution in [0.5, 0.6) is 0 Å². The Kier molecular flexibility index (Phi) is 6.73. The van der Waals surface area contributed by atoms with Gasteiger partial charge in [-0.25, -0.2) is 0 Å². The van der Waals surface area contributed by atoms with Crippen molar-refractivity contribution in [2.45, 2.75) is 26.4 Å². The molecule has 5 nitrogen and oxygen atoms in total. The molecule has 0 aliphatic rings. The fraction of sp³-hybridized carbons (Fsp3) is 0.467. The summed E-state index contributed by atoms with van der Waals surface area (Å²) in [6, 6.07) is 7.19. The van der Waals surface area contributed by atoms with Gasteiger partial charge in [0.15, 0.2) is 0 Å². The van der Waals surface area contributed by atoms with Crippen LogP contribution in [0.3, 0.4) is 0 Å². The highest BCUT2D eigenvalue weighted by Gasteiger charge is 2.17. The van der Waals surface area contributed by atoms with Gasteiger partial charge in [-0.1, -0.05) is 25.5 Å². The molecular formula is C15H22N2O3. The molecule has 1 rings (SSSR count). The number of hydrogen-bond donors (Lipinski definition) is 1. The number of carbonyl (C=O) groups excluding carboxylic acids is 2. The van der Waals surface area contributed by atoms with Crippen molar-refractivity contribution in [2.75, 3.05) is 20.2 Å². The van der Waals surface area contributed by atoms with Crippen molar-refractivity contribution in [3.63, 3.8) is 0 Å². The van der Waals surface area contributed by atoms with Gasteiger partial charge in [0, 0.05) is 19.2 Å². The second-order valence-corrected chi connectivity index (χ2v) is 4.68.